The van der Waals surface area contributed by atoms with Gasteiger partial charge in [0.05, 0.1) is 12.1 Å². The summed E-state index contributed by atoms with van der Waals surface area (Å²) in [5.41, 5.74) is -1.21. The van der Waals surface area contributed by atoms with Crippen LogP contribution in [0.15, 0.2) is 3.92 Å². The van der Waals surface area contributed by atoms with Gasteiger partial charge in [-0.3, -0.25) is 0 Å². The molecular weight excluding hydrogens is 285 g/mol. The van der Waals surface area contributed by atoms with Crippen LogP contribution in [0.2, 0.25) is 0 Å². The van der Waals surface area contributed by atoms with Crippen LogP contribution in [0.5, 0.6) is 0 Å². The van der Waals surface area contributed by atoms with E-state index >= 15 is 0 Å². The first-order valence-electron chi connectivity index (χ1n) is 4.59. The van der Waals surface area contributed by atoms with Crippen molar-refractivity contribution in [3.8, 4) is 0 Å². The van der Waals surface area contributed by atoms with Crippen molar-refractivity contribution >= 4 is 32.4 Å². The third kappa shape index (κ3) is 2.29. The van der Waals surface area contributed by atoms with E-state index in [4.69, 9.17) is 0 Å². The Morgan fingerprint density at radius 2 is 2.40 bits per heavy atom. The molecule has 1 aromatic rings. The summed E-state index contributed by atoms with van der Waals surface area (Å²) in [6, 6.07) is 0. The number of hydrogen-bond donors (Lipinski definition) is 1. The molecule has 2 heterocycles. The molecule has 2 rings (SSSR count). The lowest BCUT2D eigenvalue weighted by molar-refractivity contribution is -0.0330. The first-order chi connectivity index (χ1) is 6.99. The number of rotatable bonds is 1. The Bertz CT molecular complexity index is 359. The molecule has 1 N–H and O–H groups in total. The summed E-state index contributed by atoms with van der Waals surface area (Å²) in [7, 11) is 0. The maximum atomic E-state index is 13.6. The predicted molar refractivity (Wildman–Crippen MR) is 60.0 cm³/mol. The quantitative estimate of drug-likeness (QED) is 0.855. The minimum atomic E-state index is -1.24. The van der Waals surface area contributed by atoms with Gasteiger partial charge in [-0.15, -0.1) is 10.2 Å². The second kappa shape index (κ2) is 3.95. The zero-order valence-electron chi connectivity index (χ0n) is 8.15. The number of piperidine rings is 1. The van der Waals surface area contributed by atoms with Crippen molar-refractivity contribution in [2.45, 2.75) is 25.1 Å². The Balaban J connectivity index is 2.09. The molecule has 1 aromatic heterocycles. The summed E-state index contributed by atoms with van der Waals surface area (Å²) < 4.78 is 14.2. The Morgan fingerprint density at radius 1 is 1.67 bits per heavy atom. The van der Waals surface area contributed by atoms with Crippen LogP contribution in [-0.4, -0.2) is 40.2 Å². The molecule has 0 radical (unpaired) electrons. The van der Waals surface area contributed by atoms with Crippen LogP contribution in [-0.2, 0) is 0 Å². The minimum Gasteiger partial charge on any atom is -0.387 e. The number of nitrogens with zero attached hydrogens (tertiary/aromatic N) is 3. The third-order valence-electron chi connectivity index (χ3n) is 2.60. The number of anilines is 1. The second-order valence-corrected chi connectivity index (χ2v) is 6.09. The summed E-state index contributed by atoms with van der Waals surface area (Å²) >= 11 is 4.58. The fraction of sp³-hybridized carbons (Fsp3) is 0.750. The number of aromatic nitrogens is 2. The Kier molecular flexibility index (Phi) is 2.96. The fourth-order valence-corrected chi connectivity index (χ4v) is 2.62. The Labute approximate surface area is 99.3 Å². The highest BCUT2D eigenvalue weighted by Crippen LogP contribution is 2.31. The lowest BCUT2D eigenvalue weighted by Gasteiger charge is -2.38. The topological polar surface area (TPSA) is 49.2 Å². The summed E-state index contributed by atoms with van der Waals surface area (Å²) in [4.78, 5) is 1.81. The lowest BCUT2D eigenvalue weighted by atomic mass is 9.92. The van der Waals surface area contributed by atoms with Gasteiger partial charge in [-0.1, -0.05) is 11.3 Å². The maximum Gasteiger partial charge on any atom is 0.209 e. The standard InChI is InChI=1S/C8H11BrFN3OS/c1-8(14)2-3-13(4-5(8)10)7-12-11-6(9)15-7/h5,14H,2-4H2,1H3/t5-,8+/m0/s1. The van der Waals surface area contributed by atoms with Crippen LogP contribution in [0, 0.1) is 0 Å². The molecule has 0 spiro atoms. The predicted octanol–water partition coefficient (Wildman–Crippen LogP) is 1.60. The zero-order valence-corrected chi connectivity index (χ0v) is 10.6. The van der Waals surface area contributed by atoms with E-state index < -0.39 is 11.8 Å². The molecule has 0 aliphatic carbocycles. The molecule has 2 atom stereocenters. The van der Waals surface area contributed by atoms with E-state index in [2.05, 4.69) is 26.1 Å². The van der Waals surface area contributed by atoms with Gasteiger partial charge >= 0.3 is 0 Å². The molecule has 0 bridgehead atoms. The van der Waals surface area contributed by atoms with Gasteiger partial charge in [-0.25, -0.2) is 4.39 Å². The minimum absolute atomic E-state index is 0.175. The van der Waals surface area contributed by atoms with Crippen LogP contribution in [0.4, 0.5) is 9.52 Å². The molecular formula is C8H11BrFN3OS. The molecule has 84 valence electrons. The van der Waals surface area contributed by atoms with Gasteiger partial charge in [0.25, 0.3) is 0 Å². The molecule has 0 aromatic carbocycles. The number of hydrogen-bond acceptors (Lipinski definition) is 5. The number of alkyl halides is 1. The van der Waals surface area contributed by atoms with Gasteiger partial charge in [0.2, 0.25) is 5.13 Å². The summed E-state index contributed by atoms with van der Waals surface area (Å²) in [5.74, 6) is 0. The van der Waals surface area contributed by atoms with Crippen LogP contribution in [0.3, 0.4) is 0 Å². The monoisotopic (exact) mass is 295 g/mol. The molecule has 0 unspecified atom stereocenters. The van der Waals surface area contributed by atoms with Crippen LogP contribution >= 0.6 is 27.3 Å². The zero-order chi connectivity index (χ0) is 11.1. The normalized spacial score (nSPS) is 32.0. The van der Waals surface area contributed by atoms with Gasteiger partial charge in [-0.05, 0) is 29.3 Å². The van der Waals surface area contributed by atoms with E-state index in [0.717, 1.165) is 0 Å². The summed E-state index contributed by atoms with van der Waals surface area (Å²) in [5, 5.41) is 18.1. The van der Waals surface area contributed by atoms with Crippen LogP contribution < -0.4 is 4.90 Å². The summed E-state index contributed by atoms with van der Waals surface area (Å²) in [6.45, 7) is 2.31. The van der Waals surface area contributed by atoms with Crippen LogP contribution in [0.25, 0.3) is 0 Å². The molecule has 15 heavy (non-hydrogen) atoms. The number of aliphatic hydroxyl groups is 1. The van der Waals surface area contributed by atoms with E-state index in [1.165, 1.54) is 18.3 Å². The van der Waals surface area contributed by atoms with E-state index in [9.17, 15) is 9.50 Å². The van der Waals surface area contributed by atoms with Crippen molar-refractivity contribution in [1.82, 2.24) is 10.2 Å². The van der Waals surface area contributed by atoms with Crippen molar-refractivity contribution in [2.24, 2.45) is 0 Å². The molecule has 1 aliphatic heterocycles. The highest BCUT2D eigenvalue weighted by Gasteiger charge is 2.38. The van der Waals surface area contributed by atoms with Crippen molar-refractivity contribution in [2.75, 3.05) is 18.0 Å². The average Bonchev–Trinajstić information content (AvgIpc) is 2.57. The van der Waals surface area contributed by atoms with Crippen molar-refractivity contribution in [1.29, 1.82) is 0 Å². The molecule has 0 saturated carbocycles. The van der Waals surface area contributed by atoms with Crippen molar-refractivity contribution < 1.29 is 9.50 Å². The Morgan fingerprint density at radius 3 is 2.93 bits per heavy atom. The average molecular weight is 296 g/mol. The maximum absolute atomic E-state index is 13.6. The summed E-state index contributed by atoms with van der Waals surface area (Å²) in [6.07, 6.45) is -0.834. The lowest BCUT2D eigenvalue weighted by Crippen LogP contribution is -2.51. The van der Waals surface area contributed by atoms with Gasteiger partial charge in [0.15, 0.2) is 3.92 Å². The molecule has 4 nitrogen and oxygen atoms in total. The molecule has 1 aliphatic rings. The largest absolute Gasteiger partial charge is 0.387 e. The first-order valence-corrected chi connectivity index (χ1v) is 6.20. The molecule has 0 amide bonds. The molecule has 7 heteroatoms. The fourth-order valence-electron chi connectivity index (χ4n) is 1.50. The smallest absolute Gasteiger partial charge is 0.209 e. The molecule has 1 fully saturated rings. The van der Waals surface area contributed by atoms with E-state index in [-0.39, 0.29) is 6.54 Å². The van der Waals surface area contributed by atoms with E-state index in [1.54, 1.807) is 0 Å². The second-order valence-electron chi connectivity index (χ2n) is 3.86. The van der Waals surface area contributed by atoms with Gasteiger partial charge in [0, 0.05) is 6.54 Å². The van der Waals surface area contributed by atoms with Gasteiger partial charge in [0.1, 0.15) is 6.17 Å². The van der Waals surface area contributed by atoms with Gasteiger partial charge in [-0.2, -0.15) is 0 Å². The highest BCUT2D eigenvalue weighted by molar-refractivity contribution is 9.11. The third-order valence-corrected chi connectivity index (χ3v) is 4.02. The van der Waals surface area contributed by atoms with E-state index in [0.29, 0.717) is 22.0 Å². The molecule has 1 saturated heterocycles. The first kappa shape index (κ1) is 11.2. The van der Waals surface area contributed by atoms with Crippen LogP contribution in [0.1, 0.15) is 13.3 Å². The Hall–Kier alpha value is -0.270. The van der Waals surface area contributed by atoms with E-state index in [1.807, 2.05) is 4.90 Å². The van der Waals surface area contributed by atoms with Gasteiger partial charge < -0.3 is 10.0 Å². The number of halogens is 2. The van der Waals surface area contributed by atoms with Crippen molar-refractivity contribution in [3.63, 3.8) is 0 Å². The highest BCUT2D eigenvalue weighted by atomic mass is 79.9. The SMILES string of the molecule is C[C@@]1(O)CCN(c2nnc(Br)s2)C[C@@H]1F. The van der Waals surface area contributed by atoms with Crippen molar-refractivity contribution in [3.05, 3.63) is 3.92 Å².